The van der Waals surface area contributed by atoms with Gasteiger partial charge in [-0.05, 0) is 12.8 Å². The van der Waals surface area contributed by atoms with Crippen molar-refractivity contribution in [1.29, 1.82) is 0 Å². The average molecular weight is 271 g/mol. The molecular formula is C12H17NO4S. The van der Waals surface area contributed by atoms with Crippen LogP contribution < -0.4 is 0 Å². The maximum absolute atomic E-state index is 12.1. The zero-order valence-electron chi connectivity index (χ0n) is 10.1. The first-order valence-corrected chi connectivity index (χ1v) is 7.34. The molecule has 1 atom stereocenters. The molecule has 1 N–H and O–H groups in total. The minimum absolute atomic E-state index is 0.0338. The predicted molar refractivity (Wildman–Crippen MR) is 67.2 cm³/mol. The topological polar surface area (TPSA) is 74.7 Å². The number of hydrogen-bond donors (Lipinski definition) is 1. The Kier molecular flexibility index (Phi) is 4.27. The largest absolute Gasteiger partial charge is 0.481 e. The molecule has 0 aromatic heterocycles. The van der Waals surface area contributed by atoms with Gasteiger partial charge in [-0.1, -0.05) is 12.8 Å². The highest BCUT2D eigenvalue weighted by atomic mass is 32.2. The zero-order valence-corrected chi connectivity index (χ0v) is 10.9. The summed E-state index contributed by atoms with van der Waals surface area (Å²) >= 11 is 1.29. The van der Waals surface area contributed by atoms with Gasteiger partial charge in [0.15, 0.2) is 0 Å². The normalized spacial score (nSPS) is 25.1. The molecule has 1 aliphatic carbocycles. The van der Waals surface area contributed by atoms with Crippen molar-refractivity contribution in [3.63, 3.8) is 0 Å². The Bertz CT molecular complexity index is 365. The summed E-state index contributed by atoms with van der Waals surface area (Å²) in [7, 11) is 0. The number of carboxylic acids is 1. The fourth-order valence-electron chi connectivity index (χ4n) is 2.59. The number of carbonyl (C=O) groups excluding carboxylic acids is 2. The summed E-state index contributed by atoms with van der Waals surface area (Å²) in [5, 5.41) is 8.19. The summed E-state index contributed by atoms with van der Waals surface area (Å²) in [6.45, 7) is 0. The van der Waals surface area contributed by atoms with Gasteiger partial charge in [0.1, 0.15) is 0 Å². The Morgan fingerprint density at radius 2 is 2.00 bits per heavy atom. The lowest BCUT2D eigenvalue weighted by Gasteiger charge is -2.21. The van der Waals surface area contributed by atoms with Crippen molar-refractivity contribution in [2.45, 2.75) is 49.8 Å². The van der Waals surface area contributed by atoms with Gasteiger partial charge in [-0.3, -0.25) is 19.3 Å². The first kappa shape index (κ1) is 13.4. The summed E-state index contributed by atoms with van der Waals surface area (Å²) in [4.78, 5) is 35.8. The molecule has 0 radical (unpaired) electrons. The van der Waals surface area contributed by atoms with Crippen LogP contribution in [-0.4, -0.2) is 44.8 Å². The molecule has 2 aliphatic rings. The Morgan fingerprint density at radius 3 is 2.61 bits per heavy atom. The van der Waals surface area contributed by atoms with Crippen molar-refractivity contribution in [3.8, 4) is 0 Å². The highest BCUT2D eigenvalue weighted by molar-refractivity contribution is 8.00. The lowest BCUT2D eigenvalue weighted by molar-refractivity contribution is -0.141. The van der Waals surface area contributed by atoms with E-state index in [0.29, 0.717) is 5.75 Å². The molecule has 1 aliphatic heterocycles. The predicted octanol–water partition coefficient (Wildman–Crippen LogP) is 1.26. The number of amides is 2. The Hall–Kier alpha value is -1.04. The van der Waals surface area contributed by atoms with E-state index in [1.54, 1.807) is 0 Å². The second-order valence-corrected chi connectivity index (χ2v) is 6.06. The van der Waals surface area contributed by atoms with Gasteiger partial charge >= 0.3 is 5.97 Å². The lowest BCUT2D eigenvalue weighted by atomic mass is 10.2. The second kappa shape index (κ2) is 5.73. The molecule has 1 unspecified atom stereocenters. The minimum Gasteiger partial charge on any atom is -0.481 e. The van der Waals surface area contributed by atoms with Crippen LogP contribution in [-0.2, 0) is 14.4 Å². The third-order valence-electron chi connectivity index (χ3n) is 3.47. The van der Waals surface area contributed by atoms with E-state index in [4.69, 9.17) is 5.11 Å². The third-order valence-corrected chi connectivity index (χ3v) is 4.68. The number of carboxylic acid groups (broad SMARTS) is 1. The van der Waals surface area contributed by atoms with Gasteiger partial charge in [0.05, 0.1) is 11.7 Å². The summed E-state index contributed by atoms with van der Waals surface area (Å²) < 4.78 is 0. The highest BCUT2D eigenvalue weighted by Gasteiger charge is 2.42. The average Bonchev–Trinajstić information content (AvgIpc) is 2.88. The first-order chi connectivity index (χ1) is 8.59. The first-order valence-electron chi connectivity index (χ1n) is 6.29. The number of likely N-dealkylation sites (tertiary alicyclic amines) is 1. The van der Waals surface area contributed by atoms with Crippen molar-refractivity contribution in [1.82, 2.24) is 4.90 Å². The fraction of sp³-hybridized carbons (Fsp3) is 0.750. The van der Waals surface area contributed by atoms with Crippen LogP contribution in [0.15, 0.2) is 0 Å². The summed E-state index contributed by atoms with van der Waals surface area (Å²) in [6.07, 6.45) is 4.27. The van der Waals surface area contributed by atoms with Crippen LogP contribution in [0.1, 0.15) is 38.5 Å². The lowest BCUT2D eigenvalue weighted by Crippen LogP contribution is -2.39. The highest BCUT2D eigenvalue weighted by Crippen LogP contribution is 2.32. The van der Waals surface area contributed by atoms with Crippen molar-refractivity contribution >= 4 is 29.5 Å². The third kappa shape index (κ3) is 2.85. The van der Waals surface area contributed by atoms with Crippen molar-refractivity contribution in [2.75, 3.05) is 5.75 Å². The smallest absolute Gasteiger partial charge is 0.304 e. The maximum Gasteiger partial charge on any atom is 0.304 e. The molecule has 2 fully saturated rings. The van der Waals surface area contributed by atoms with Crippen LogP contribution >= 0.6 is 11.8 Å². The van der Waals surface area contributed by atoms with Gasteiger partial charge < -0.3 is 5.11 Å². The molecule has 100 valence electrons. The van der Waals surface area contributed by atoms with Gasteiger partial charge in [0.2, 0.25) is 11.8 Å². The van der Waals surface area contributed by atoms with Gasteiger partial charge in [0.25, 0.3) is 0 Å². The number of rotatable bonds is 5. The number of nitrogens with zero attached hydrogens (tertiary/aromatic N) is 1. The van der Waals surface area contributed by atoms with Crippen LogP contribution in [0.3, 0.4) is 0 Å². The van der Waals surface area contributed by atoms with E-state index in [1.165, 1.54) is 16.7 Å². The number of imide groups is 1. The van der Waals surface area contributed by atoms with Crippen molar-refractivity contribution in [2.24, 2.45) is 0 Å². The van der Waals surface area contributed by atoms with E-state index in [0.717, 1.165) is 25.7 Å². The summed E-state index contributed by atoms with van der Waals surface area (Å²) in [5.41, 5.74) is 0. The molecule has 0 bridgehead atoms. The number of carbonyl (C=O) groups is 3. The Morgan fingerprint density at radius 1 is 1.33 bits per heavy atom. The molecule has 18 heavy (non-hydrogen) atoms. The number of thioether (sulfide) groups is 1. The van der Waals surface area contributed by atoms with Crippen LogP contribution in [0.4, 0.5) is 0 Å². The Balaban J connectivity index is 1.89. The van der Waals surface area contributed by atoms with Crippen LogP contribution in [0.2, 0.25) is 0 Å². The minimum atomic E-state index is -0.869. The van der Waals surface area contributed by atoms with Crippen LogP contribution in [0, 0.1) is 0 Å². The molecule has 0 aromatic carbocycles. The molecular weight excluding hydrogens is 254 g/mol. The standard InChI is InChI=1S/C12H17NO4S/c14-10-7-9(18-6-5-11(15)16)12(17)13(10)8-3-1-2-4-8/h8-9H,1-7H2,(H,15,16). The van der Waals surface area contributed by atoms with E-state index in [1.807, 2.05) is 0 Å². The van der Waals surface area contributed by atoms with Crippen LogP contribution in [0.25, 0.3) is 0 Å². The Labute approximate surface area is 110 Å². The molecule has 2 rings (SSSR count). The van der Waals surface area contributed by atoms with E-state index < -0.39 is 5.97 Å². The SMILES string of the molecule is O=C(O)CCSC1CC(=O)N(C2CCCC2)C1=O. The molecule has 1 saturated heterocycles. The monoisotopic (exact) mass is 271 g/mol. The molecule has 1 saturated carbocycles. The molecule has 2 amide bonds. The van der Waals surface area contributed by atoms with E-state index >= 15 is 0 Å². The summed E-state index contributed by atoms with van der Waals surface area (Å²) in [6, 6.07) is 0.0927. The van der Waals surface area contributed by atoms with Crippen LogP contribution in [0.5, 0.6) is 0 Å². The van der Waals surface area contributed by atoms with E-state index in [-0.39, 0.29) is 35.9 Å². The van der Waals surface area contributed by atoms with Gasteiger partial charge in [0, 0.05) is 18.2 Å². The van der Waals surface area contributed by atoms with Gasteiger partial charge in [-0.2, -0.15) is 0 Å². The molecule has 1 heterocycles. The van der Waals surface area contributed by atoms with Gasteiger partial charge in [-0.15, -0.1) is 11.8 Å². The van der Waals surface area contributed by atoms with Crippen molar-refractivity contribution in [3.05, 3.63) is 0 Å². The second-order valence-electron chi connectivity index (χ2n) is 4.75. The quantitative estimate of drug-likeness (QED) is 0.762. The molecule has 0 aromatic rings. The van der Waals surface area contributed by atoms with E-state index in [2.05, 4.69) is 0 Å². The maximum atomic E-state index is 12.1. The number of aliphatic carboxylic acids is 1. The van der Waals surface area contributed by atoms with Crippen molar-refractivity contribution < 1.29 is 19.5 Å². The molecule has 5 nitrogen and oxygen atoms in total. The molecule has 0 spiro atoms. The van der Waals surface area contributed by atoms with E-state index in [9.17, 15) is 14.4 Å². The fourth-order valence-corrected chi connectivity index (χ4v) is 3.68. The molecule has 6 heteroatoms. The summed E-state index contributed by atoms with van der Waals surface area (Å²) in [5.74, 6) is -0.675. The zero-order chi connectivity index (χ0) is 13.1. The van der Waals surface area contributed by atoms with Gasteiger partial charge in [-0.25, -0.2) is 0 Å². The number of hydrogen-bond acceptors (Lipinski definition) is 4.